The fourth-order valence-electron chi connectivity index (χ4n) is 2.91. The Balaban J connectivity index is 1.82. The van der Waals surface area contributed by atoms with E-state index in [1.165, 1.54) is 0 Å². The maximum atomic E-state index is 12.7. The number of para-hydroxylation sites is 2. The lowest BCUT2D eigenvalue weighted by molar-refractivity contribution is -0.123. The number of benzene rings is 1. The lowest BCUT2D eigenvalue weighted by Gasteiger charge is -2.21. The van der Waals surface area contributed by atoms with Crippen molar-refractivity contribution in [3.05, 3.63) is 60.2 Å². The summed E-state index contributed by atoms with van der Waals surface area (Å²) >= 11 is 0. The highest BCUT2D eigenvalue weighted by Crippen LogP contribution is 2.23. The molecule has 5 nitrogen and oxygen atoms in total. The normalized spacial score (nSPS) is 13.8. The molecule has 2 aromatic heterocycles. The van der Waals surface area contributed by atoms with Gasteiger partial charge < -0.3 is 10.3 Å². The number of rotatable bonds is 6. The van der Waals surface area contributed by atoms with Crippen molar-refractivity contribution in [2.24, 2.45) is 5.92 Å². The van der Waals surface area contributed by atoms with Gasteiger partial charge in [0.1, 0.15) is 5.82 Å². The first-order valence-corrected chi connectivity index (χ1v) is 8.70. The van der Waals surface area contributed by atoms with Crippen molar-refractivity contribution in [2.75, 3.05) is 0 Å². The summed E-state index contributed by atoms with van der Waals surface area (Å²) in [6.45, 7) is 6.16. The molecule has 3 rings (SSSR count). The van der Waals surface area contributed by atoms with Crippen LogP contribution in [0.4, 0.5) is 0 Å². The van der Waals surface area contributed by atoms with Crippen molar-refractivity contribution in [1.29, 1.82) is 0 Å². The Bertz CT molecular complexity index is 808. The third-order valence-corrected chi connectivity index (χ3v) is 4.29. The molecule has 130 valence electrons. The fourth-order valence-corrected chi connectivity index (χ4v) is 2.91. The summed E-state index contributed by atoms with van der Waals surface area (Å²) < 4.78 is 0. The summed E-state index contributed by atoms with van der Waals surface area (Å²) in [4.78, 5) is 25.0. The monoisotopic (exact) mass is 336 g/mol. The van der Waals surface area contributed by atoms with Crippen LogP contribution in [0.2, 0.25) is 0 Å². The summed E-state index contributed by atoms with van der Waals surface area (Å²) in [7, 11) is 0. The maximum absolute atomic E-state index is 12.7. The smallest absolute Gasteiger partial charge is 0.229 e. The Labute approximate surface area is 147 Å². The zero-order valence-electron chi connectivity index (χ0n) is 14.9. The first kappa shape index (κ1) is 17.1. The van der Waals surface area contributed by atoms with Crippen LogP contribution in [-0.4, -0.2) is 20.9 Å². The average molecular weight is 336 g/mol. The summed E-state index contributed by atoms with van der Waals surface area (Å²) in [6, 6.07) is 13.4. The molecule has 3 aromatic rings. The van der Waals surface area contributed by atoms with E-state index in [0.717, 1.165) is 29.0 Å². The van der Waals surface area contributed by atoms with E-state index in [1.807, 2.05) is 49.4 Å². The average Bonchev–Trinajstić information content (AvgIpc) is 3.05. The number of aromatic nitrogens is 3. The maximum Gasteiger partial charge on any atom is 0.229 e. The van der Waals surface area contributed by atoms with Crippen molar-refractivity contribution in [3.8, 4) is 0 Å². The number of hydrogen-bond acceptors (Lipinski definition) is 3. The molecule has 2 atom stereocenters. The van der Waals surface area contributed by atoms with Gasteiger partial charge in [0.25, 0.3) is 0 Å². The van der Waals surface area contributed by atoms with Crippen LogP contribution in [0.15, 0.2) is 48.7 Å². The highest BCUT2D eigenvalue weighted by molar-refractivity contribution is 5.83. The number of amides is 1. The van der Waals surface area contributed by atoms with Gasteiger partial charge >= 0.3 is 0 Å². The number of nitrogens with one attached hydrogen (secondary N) is 2. The minimum atomic E-state index is -0.305. The van der Waals surface area contributed by atoms with E-state index in [-0.39, 0.29) is 17.9 Å². The molecule has 5 heteroatoms. The topological polar surface area (TPSA) is 70.7 Å². The van der Waals surface area contributed by atoms with Crippen LogP contribution >= 0.6 is 0 Å². The quantitative estimate of drug-likeness (QED) is 0.715. The molecule has 0 saturated heterocycles. The van der Waals surface area contributed by atoms with Crippen LogP contribution in [0.1, 0.15) is 50.7 Å². The molecule has 0 aliphatic rings. The molecule has 2 N–H and O–H groups in total. The van der Waals surface area contributed by atoms with Gasteiger partial charge in [0.05, 0.1) is 28.7 Å². The molecule has 1 aromatic carbocycles. The second-order valence-electron chi connectivity index (χ2n) is 6.81. The minimum Gasteiger partial charge on any atom is -0.346 e. The van der Waals surface area contributed by atoms with E-state index in [4.69, 9.17) is 0 Å². The Morgan fingerprint density at radius 3 is 2.56 bits per heavy atom. The summed E-state index contributed by atoms with van der Waals surface area (Å²) in [5.74, 6) is 0.894. The predicted octanol–water partition coefficient (Wildman–Crippen LogP) is 3.97. The highest BCUT2D eigenvalue weighted by Gasteiger charge is 2.23. The summed E-state index contributed by atoms with van der Waals surface area (Å²) in [5.41, 5.74) is 2.67. The van der Waals surface area contributed by atoms with Crippen LogP contribution in [0.25, 0.3) is 11.0 Å². The standard InChI is InChI=1S/C20H24N4O/c1-13(2)12-18(19-22-16-9-4-5-10-17(16)23-19)24-20(25)14(3)15-8-6-7-11-21-15/h4-11,13-14,18H,12H2,1-3H3,(H,22,23)(H,24,25)/t14-,18-/m1/s1. The predicted molar refractivity (Wildman–Crippen MR) is 99.1 cm³/mol. The van der Waals surface area contributed by atoms with E-state index >= 15 is 0 Å². The SMILES string of the molecule is CC(C)C[C@@H](NC(=O)[C@H](C)c1ccccn1)c1nc2ccccc2[nH]1. The molecule has 0 aliphatic carbocycles. The van der Waals surface area contributed by atoms with Gasteiger partial charge in [-0.05, 0) is 43.5 Å². The number of H-pyrrole nitrogens is 1. The van der Waals surface area contributed by atoms with E-state index in [1.54, 1.807) is 6.20 Å². The number of aromatic amines is 1. The van der Waals surface area contributed by atoms with Crippen LogP contribution in [-0.2, 0) is 4.79 Å². The molecule has 0 fully saturated rings. The zero-order chi connectivity index (χ0) is 17.8. The molecule has 0 aliphatic heterocycles. The molecular weight excluding hydrogens is 312 g/mol. The molecule has 2 heterocycles. The number of pyridine rings is 1. The number of imidazole rings is 1. The molecule has 0 spiro atoms. The number of fused-ring (bicyclic) bond motifs is 1. The van der Waals surface area contributed by atoms with Crippen molar-refractivity contribution in [3.63, 3.8) is 0 Å². The van der Waals surface area contributed by atoms with Gasteiger partial charge in [0.15, 0.2) is 0 Å². The highest BCUT2D eigenvalue weighted by atomic mass is 16.1. The molecule has 25 heavy (non-hydrogen) atoms. The fraction of sp³-hybridized carbons (Fsp3) is 0.350. The van der Waals surface area contributed by atoms with Crippen molar-refractivity contribution >= 4 is 16.9 Å². The largest absolute Gasteiger partial charge is 0.346 e. The molecule has 1 amide bonds. The molecular formula is C20H24N4O. The number of carbonyl (C=O) groups excluding carboxylic acids is 1. The minimum absolute atomic E-state index is 0.0372. The third-order valence-electron chi connectivity index (χ3n) is 4.29. The van der Waals surface area contributed by atoms with Crippen LogP contribution in [0.5, 0.6) is 0 Å². The van der Waals surface area contributed by atoms with E-state index in [9.17, 15) is 4.79 Å². The summed E-state index contributed by atoms with van der Waals surface area (Å²) in [6.07, 6.45) is 2.53. The second-order valence-corrected chi connectivity index (χ2v) is 6.81. The lowest BCUT2D eigenvalue weighted by Crippen LogP contribution is -2.33. The number of carbonyl (C=O) groups is 1. The van der Waals surface area contributed by atoms with Gasteiger partial charge in [0.2, 0.25) is 5.91 Å². The van der Waals surface area contributed by atoms with E-state index < -0.39 is 0 Å². The van der Waals surface area contributed by atoms with Gasteiger partial charge in [-0.3, -0.25) is 9.78 Å². The Morgan fingerprint density at radius 2 is 1.88 bits per heavy atom. The van der Waals surface area contributed by atoms with E-state index in [2.05, 4.69) is 34.1 Å². The van der Waals surface area contributed by atoms with Crippen molar-refractivity contribution < 1.29 is 4.79 Å². The lowest BCUT2D eigenvalue weighted by atomic mass is 10.0. The Hall–Kier alpha value is -2.69. The Kier molecular flexibility index (Phi) is 5.12. The van der Waals surface area contributed by atoms with E-state index in [0.29, 0.717) is 5.92 Å². The molecule has 0 saturated carbocycles. The first-order chi connectivity index (χ1) is 12.0. The van der Waals surface area contributed by atoms with Gasteiger partial charge in [0, 0.05) is 6.20 Å². The third kappa shape index (κ3) is 4.05. The first-order valence-electron chi connectivity index (χ1n) is 8.70. The second kappa shape index (κ2) is 7.47. The summed E-state index contributed by atoms with van der Waals surface area (Å²) in [5, 5.41) is 3.15. The van der Waals surface area contributed by atoms with Gasteiger partial charge in [-0.2, -0.15) is 0 Å². The van der Waals surface area contributed by atoms with Gasteiger partial charge in [-0.15, -0.1) is 0 Å². The van der Waals surface area contributed by atoms with Crippen LogP contribution < -0.4 is 5.32 Å². The number of hydrogen-bond donors (Lipinski definition) is 2. The van der Waals surface area contributed by atoms with Crippen molar-refractivity contribution in [1.82, 2.24) is 20.3 Å². The van der Waals surface area contributed by atoms with Crippen molar-refractivity contribution in [2.45, 2.75) is 39.2 Å². The van der Waals surface area contributed by atoms with Gasteiger partial charge in [-0.25, -0.2) is 4.98 Å². The molecule has 0 bridgehead atoms. The van der Waals surface area contributed by atoms with Crippen LogP contribution in [0.3, 0.4) is 0 Å². The van der Waals surface area contributed by atoms with Crippen LogP contribution in [0, 0.1) is 5.92 Å². The number of nitrogens with zero attached hydrogens (tertiary/aromatic N) is 2. The Morgan fingerprint density at radius 1 is 1.12 bits per heavy atom. The zero-order valence-corrected chi connectivity index (χ0v) is 14.9. The molecule has 0 unspecified atom stereocenters. The molecule has 0 radical (unpaired) electrons. The van der Waals surface area contributed by atoms with Gasteiger partial charge in [-0.1, -0.05) is 32.0 Å².